The summed E-state index contributed by atoms with van der Waals surface area (Å²) in [5, 5.41) is 12.1. The standard InChI is InChI=1S/C12H14N2O/c1-3-4-8-14-12-10(9-13)6-5-7-11(12)15-2/h3,5-7,14H,1,4,8H2,2H3. The molecule has 0 unspecified atom stereocenters. The van der Waals surface area contributed by atoms with Gasteiger partial charge in [-0.2, -0.15) is 5.26 Å². The summed E-state index contributed by atoms with van der Waals surface area (Å²) in [6.07, 6.45) is 2.68. The lowest BCUT2D eigenvalue weighted by atomic mass is 10.1. The minimum Gasteiger partial charge on any atom is -0.495 e. The van der Waals surface area contributed by atoms with Gasteiger partial charge in [0.2, 0.25) is 0 Å². The Kier molecular flexibility index (Phi) is 4.24. The van der Waals surface area contributed by atoms with Gasteiger partial charge in [0, 0.05) is 6.54 Å². The molecule has 15 heavy (non-hydrogen) atoms. The molecule has 3 nitrogen and oxygen atoms in total. The molecule has 0 fully saturated rings. The Balaban J connectivity index is 2.91. The Labute approximate surface area is 90.0 Å². The van der Waals surface area contributed by atoms with Crippen molar-refractivity contribution in [3.8, 4) is 11.8 Å². The summed E-state index contributed by atoms with van der Waals surface area (Å²) >= 11 is 0. The van der Waals surface area contributed by atoms with Crippen molar-refractivity contribution in [2.75, 3.05) is 19.0 Å². The fourth-order valence-corrected chi connectivity index (χ4v) is 1.28. The lowest BCUT2D eigenvalue weighted by Gasteiger charge is -2.11. The van der Waals surface area contributed by atoms with Crippen molar-refractivity contribution in [2.45, 2.75) is 6.42 Å². The molecule has 78 valence electrons. The van der Waals surface area contributed by atoms with Gasteiger partial charge in [0.05, 0.1) is 18.4 Å². The molecule has 0 bridgehead atoms. The van der Waals surface area contributed by atoms with E-state index in [-0.39, 0.29) is 0 Å². The molecule has 0 saturated heterocycles. The molecule has 1 aromatic rings. The summed E-state index contributed by atoms with van der Waals surface area (Å²) < 4.78 is 5.18. The van der Waals surface area contributed by atoms with Crippen LogP contribution in [0, 0.1) is 11.3 Å². The van der Waals surface area contributed by atoms with E-state index in [9.17, 15) is 0 Å². The SMILES string of the molecule is C=CCCNc1c(C#N)cccc1OC. The van der Waals surface area contributed by atoms with Crippen LogP contribution < -0.4 is 10.1 Å². The smallest absolute Gasteiger partial charge is 0.143 e. The van der Waals surface area contributed by atoms with Crippen LogP contribution >= 0.6 is 0 Å². The molecule has 1 aromatic carbocycles. The highest BCUT2D eigenvalue weighted by atomic mass is 16.5. The van der Waals surface area contributed by atoms with Gasteiger partial charge in [-0.05, 0) is 18.6 Å². The van der Waals surface area contributed by atoms with Gasteiger partial charge in [-0.3, -0.25) is 0 Å². The predicted molar refractivity (Wildman–Crippen MR) is 61.0 cm³/mol. The molecule has 0 aromatic heterocycles. The summed E-state index contributed by atoms with van der Waals surface area (Å²) in [6, 6.07) is 7.52. The quantitative estimate of drug-likeness (QED) is 0.589. The van der Waals surface area contributed by atoms with Crippen LogP contribution in [0.15, 0.2) is 30.9 Å². The fraction of sp³-hybridized carbons (Fsp3) is 0.250. The number of methoxy groups -OCH3 is 1. The number of ether oxygens (including phenoxy) is 1. The van der Waals surface area contributed by atoms with E-state index in [2.05, 4.69) is 18.0 Å². The molecule has 0 aliphatic rings. The zero-order chi connectivity index (χ0) is 11.1. The van der Waals surface area contributed by atoms with Crippen LogP contribution in [0.5, 0.6) is 5.75 Å². The molecular weight excluding hydrogens is 188 g/mol. The number of nitriles is 1. The number of nitrogens with zero attached hydrogens (tertiary/aromatic N) is 1. The lowest BCUT2D eigenvalue weighted by molar-refractivity contribution is 0.416. The van der Waals surface area contributed by atoms with E-state index in [1.54, 1.807) is 19.2 Å². The lowest BCUT2D eigenvalue weighted by Crippen LogP contribution is -2.04. The third kappa shape index (κ3) is 2.75. The second-order valence-corrected chi connectivity index (χ2v) is 3.00. The first-order valence-electron chi connectivity index (χ1n) is 4.75. The van der Waals surface area contributed by atoms with E-state index in [1.165, 1.54) is 0 Å². The highest BCUT2D eigenvalue weighted by Gasteiger charge is 2.06. The number of hydrogen-bond acceptors (Lipinski definition) is 3. The van der Waals surface area contributed by atoms with Crippen LogP contribution in [0.25, 0.3) is 0 Å². The van der Waals surface area contributed by atoms with E-state index in [0.29, 0.717) is 11.3 Å². The number of rotatable bonds is 5. The van der Waals surface area contributed by atoms with Gasteiger partial charge in [-0.1, -0.05) is 12.1 Å². The monoisotopic (exact) mass is 202 g/mol. The predicted octanol–water partition coefficient (Wildman–Crippen LogP) is 2.55. The Hall–Kier alpha value is -1.95. The highest BCUT2D eigenvalue weighted by molar-refractivity contribution is 5.66. The molecule has 1 rings (SSSR count). The van der Waals surface area contributed by atoms with Crippen molar-refractivity contribution in [1.29, 1.82) is 5.26 Å². The van der Waals surface area contributed by atoms with Crippen molar-refractivity contribution in [3.05, 3.63) is 36.4 Å². The average Bonchev–Trinajstić information content (AvgIpc) is 2.29. The maximum absolute atomic E-state index is 8.93. The van der Waals surface area contributed by atoms with E-state index in [4.69, 9.17) is 10.00 Å². The van der Waals surface area contributed by atoms with Gasteiger partial charge in [-0.15, -0.1) is 6.58 Å². The van der Waals surface area contributed by atoms with Crippen LogP contribution in [0.1, 0.15) is 12.0 Å². The third-order valence-electron chi connectivity index (χ3n) is 2.02. The van der Waals surface area contributed by atoms with Crippen LogP contribution in [0.4, 0.5) is 5.69 Å². The zero-order valence-corrected chi connectivity index (χ0v) is 8.79. The largest absolute Gasteiger partial charge is 0.495 e. The van der Waals surface area contributed by atoms with Gasteiger partial charge >= 0.3 is 0 Å². The van der Waals surface area contributed by atoms with Crippen LogP contribution in [0.3, 0.4) is 0 Å². The molecule has 1 N–H and O–H groups in total. The van der Waals surface area contributed by atoms with Crippen LogP contribution in [0.2, 0.25) is 0 Å². The van der Waals surface area contributed by atoms with Crippen LogP contribution in [-0.4, -0.2) is 13.7 Å². The van der Waals surface area contributed by atoms with Crippen molar-refractivity contribution in [3.63, 3.8) is 0 Å². The molecule has 0 amide bonds. The second-order valence-electron chi connectivity index (χ2n) is 3.00. The van der Waals surface area contributed by atoms with Gasteiger partial charge in [-0.25, -0.2) is 0 Å². The van der Waals surface area contributed by atoms with Gasteiger partial charge in [0.1, 0.15) is 11.8 Å². The summed E-state index contributed by atoms with van der Waals surface area (Å²) in [7, 11) is 1.59. The molecular formula is C12H14N2O. The third-order valence-corrected chi connectivity index (χ3v) is 2.02. The van der Waals surface area contributed by atoms with E-state index in [0.717, 1.165) is 18.7 Å². The Morgan fingerprint density at radius 2 is 2.40 bits per heavy atom. The van der Waals surface area contributed by atoms with E-state index in [1.807, 2.05) is 12.1 Å². The topological polar surface area (TPSA) is 45.0 Å². The Bertz CT molecular complexity index is 380. The summed E-state index contributed by atoms with van der Waals surface area (Å²) in [5.74, 6) is 0.693. The number of para-hydroxylation sites is 1. The van der Waals surface area contributed by atoms with Gasteiger partial charge in [0.25, 0.3) is 0 Å². The maximum atomic E-state index is 8.93. The number of nitrogens with one attached hydrogen (secondary N) is 1. The molecule has 0 radical (unpaired) electrons. The normalized spacial score (nSPS) is 9.07. The van der Waals surface area contributed by atoms with Gasteiger partial charge in [0.15, 0.2) is 0 Å². The first-order chi connectivity index (χ1) is 7.33. The summed E-state index contributed by atoms with van der Waals surface area (Å²) in [5.41, 5.74) is 1.35. The molecule has 0 heterocycles. The van der Waals surface area contributed by atoms with Crippen molar-refractivity contribution >= 4 is 5.69 Å². The summed E-state index contributed by atoms with van der Waals surface area (Å²) in [4.78, 5) is 0. The maximum Gasteiger partial charge on any atom is 0.143 e. The first kappa shape index (κ1) is 11.1. The van der Waals surface area contributed by atoms with Crippen molar-refractivity contribution < 1.29 is 4.74 Å². The summed E-state index contributed by atoms with van der Waals surface area (Å²) in [6.45, 7) is 4.39. The zero-order valence-electron chi connectivity index (χ0n) is 8.79. The van der Waals surface area contributed by atoms with Gasteiger partial charge < -0.3 is 10.1 Å². The Morgan fingerprint density at radius 1 is 1.60 bits per heavy atom. The first-order valence-corrected chi connectivity index (χ1v) is 4.75. The minimum absolute atomic E-state index is 0.596. The van der Waals surface area contributed by atoms with Crippen molar-refractivity contribution in [1.82, 2.24) is 0 Å². The molecule has 3 heteroatoms. The fourth-order valence-electron chi connectivity index (χ4n) is 1.28. The average molecular weight is 202 g/mol. The van der Waals surface area contributed by atoms with Crippen molar-refractivity contribution in [2.24, 2.45) is 0 Å². The molecule has 0 saturated carbocycles. The van der Waals surface area contributed by atoms with Crippen LogP contribution in [-0.2, 0) is 0 Å². The second kappa shape index (κ2) is 5.71. The highest BCUT2D eigenvalue weighted by Crippen LogP contribution is 2.27. The molecule has 0 atom stereocenters. The molecule has 0 aliphatic carbocycles. The van der Waals surface area contributed by atoms with E-state index >= 15 is 0 Å². The molecule has 0 aliphatic heterocycles. The number of benzene rings is 1. The number of hydrogen-bond donors (Lipinski definition) is 1. The Morgan fingerprint density at radius 3 is 3.00 bits per heavy atom. The minimum atomic E-state index is 0.596. The number of anilines is 1. The van der Waals surface area contributed by atoms with E-state index < -0.39 is 0 Å². The molecule has 0 spiro atoms.